The fourth-order valence-corrected chi connectivity index (χ4v) is 4.31. The van der Waals surface area contributed by atoms with E-state index < -0.39 is 15.6 Å². The molecular weight excluding hydrogens is 294 g/mol. The lowest BCUT2D eigenvalue weighted by Gasteiger charge is -2.42. The van der Waals surface area contributed by atoms with Crippen LogP contribution in [0.3, 0.4) is 0 Å². The van der Waals surface area contributed by atoms with Crippen LogP contribution in [0.4, 0.5) is 0 Å². The quantitative estimate of drug-likeness (QED) is 0.893. The minimum atomic E-state index is -3.48. The topological polar surface area (TPSA) is 57.6 Å². The van der Waals surface area contributed by atoms with Gasteiger partial charge in [0.15, 0.2) is 0 Å². The van der Waals surface area contributed by atoms with E-state index in [1.807, 2.05) is 0 Å². The van der Waals surface area contributed by atoms with Crippen molar-refractivity contribution in [3.8, 4) is 0 Å². The summed E-state index contributed by atoms with van der Waals surface area (Å²) in [6.45, 7) is 1.92. The molecular formula is C10H12BrNO3S. The van der Waals surface area contributed by atoms with Gasteiger partial charge in [-0.2, -0.15) is 4.31 Å². The van der Waals surface area contributed by atoms with Crippen LogP contribution in [0.15, 0.2) is 33.6 Å². The van der Waals surface area contributed by atoms with E-state index in [2.05, 4.69) is 15.9 Å². The summed E-state index contributed by atoms with van der Waals surface area (Å²) >= 11 is 3.21. The van der Waals surface area contributed by atoms with Crippen LogP contribution < -0.4 is 0 Å². The van der Waals surface area contributed by atoms with Gasteiger partial charge in [-0.05, 0) is 35.0 Å². The third kappa shape index (κ3) is 2.02. The largest absolute Gasteiger partial charge is 0.387 e. The first-order valence-corrected chi connectivity index (χ1v) is 7.03. The summed E-state index contributed by atoms with van der Waals surface area (Å²) in [6.07, 6.45) is 0. The summed E-state index contributed by atoms with van der Waals surface area (Å²) in [6, 6.07) is 6.67. The number of rotatable bonds is 2. The lowest BCUT2D eigenvalue weighted by Crippen LogP contribution is -2.61. The van der Waals surface area contributed by atoms with Gasteiger partial charge >= 0.3 is 0 Å². The van der Waals surface area contributed by atoms with E-state index in [-0.39, 0.29) is 18.0 Å². The van der Waals surface area contributed by atoms with Gasteiger partial charge in [-0.1, -0.05) is 12.1 Å². The molecule has 1 heterocycles. The van der Waals surface area contributed by atoms with Crippen molar-refractivity contribution in [2.24, 2.45) is 0 Å². The molecule has 0 saturated carbocycles. The lowest BCUT2D eigenvalue weighted by molar-refractivity contribution is -0.0426. The molecule has 0 aliphatic carbocycles. The molecule has 4 nitrogen and oxygen atoms in total. The highest BCUT2D eigenvalue weighted by Gasteiger charge is 2.44. The second-order valence-electron chi connectivity index (χ2n) is 4.20. The van der Waals surface area contributed by atoms with E-state index in [1.54, 1.807) is 31.2 Å². The standard InChI is InChI=1S/C10H12BrNO3S/c1-10(13)6-12(7-10)16(14,15)9-5-3-2-4-8(9)11/h2-5,13H,6-7H2,1H3. The lowest BCUT2D eigenvalue weighted by atomic mass is 10.0. The van der Waals surface area contributed by atoms with Crippen molar-refractivity contribution in [3.63, 3.8) is 0 Å². The molecule has 1 aliphatic heterocycles. The van der Waals surface area contributed by atoms with E-state index in [0.29, 0.717) is 4.47 Å². The summed E-state index contributed by atoms with van der Waals surface area (Å²) in [7, 11) is -3.48. The predicted molar refractivity (Wildman–Crippen MR) is 63.5 cm³/mol. The van der Waals surface area contributed by atoms with Gasteiger partial charge in [0, 0.05) is 17.6 Å². The Kier molecular flexibility index (Phi) is 2.86. The van der Waals surface area contributed by atoms with Crippen molar-refractivity contribution in [2.75, 3.05) is 13.1 Å². The first kappa shape index (κ1) is 12.0. The summed E-state index contributed by atoms with van der Waals surface area (Å²) in [5.41, 5.74) is -0.895. The molecule has 0 radical (unpaired) electrons. The summed E-state index contributed by atoms with van der Waals surface area (Å²) in [5, 5.41) is 9.55. The molecule has 6 heteroatoms. The number of nitrogens with zero attached hydrogens (tertiary/aromatic N) is 1. The van der Waals surface area contributed by atoms with Crippen LogP contribution in [0.2, 0.25) is 0 Å². The molecule has 1 aromatic rings. The maximum absolute atomic E-state index is 12.1. The van der Waals surface area contributed by atoms with Crippen molar-refractivity contribution >= 4 is 26.0 Å². The molecule has 1 saturated heterocycles. The van der Waals surface area contributed by atoms with Crippen LogP contribution in [-0.4, -0.2) is 36.5 Å². The van der Waals surface area contributed by atoms with Gasteiger partial charge < -0.3 is 5.11 Å². The van der Waals surface area contributed by atoms with E-state index in [9.17, 15) is 13.5 Å². The Labute approximate surface area is 103 Å². The molecule has 1 aromatic carbocycles. The molecule has 1 N–H and O–H groups in total. The molecule has 88 valence electrons. The number of halogens is 1. The average molecular weight is 306 g/mol. The van der Waals surface area contributed by atoms with Crippen LogP contribution in [0.1, 0.15) is 6.92 Å². The minimum absolute atomic E-state index is 0.149. The van der Waals surface area contributed by atoms with Crippen molar-refractivity contribution in [3.05, 3.63) is 28.7 Å². The molecule has 0 bridgehead atoms. The number of aliphatic hydroxyl groups is 1. The van der Waals surface area contributed by atoms with Crippen molar-refractivity contribution in [2.45, 2.75) is 17.4 Å². The summed E-state index contributed by atoms with van der Waals surface area (Å²) < 4.78 is 26.0. The van der Waals surface area contributed by atoms with Gasteiger partial charge in [-0.15, -0.1) is 0 Å². The van der Waals surface area contributed by atoms with Gasteiger partial charge in [-0.3, -0.25) is 0 Å². The third-order valence-corrected chi connectivity index (χ3v) is 5.29. The number of benzene rings is 1. The molecule has 0 aromatic heterocycles. The summed E-state index contributed by atoms with van der Waals surface area (Å²) in [5.74, 6) is 0. The molecule has 0 amide bonds. The van der Waals surface area contributed by atoms with Gasteiger partial charge in [0.2, 0.25) is 10.0 Å². The fourth-order valence-electron chi connectivity index (χ4n) is 1.68. The Hall–Kier alpha value is -0.430. The Balaban J connectivity index is 2.32. The molecule has 1 aliphatic rings. The Bertz CT molecular complexity index is 505. The predicted octanol–water partition coefficient (Wildman–Crippen LogP) is 1.20. The number of β-amino-alcohol motifs (C(OH)–C–C–N with tert-alkyl or cyclic N) is 1. The zero-order valence-electron chi connectivity index (χ0n) is 8.72. The Morgan fingerprint density at radius 2 is 1.94 bits per heavy atom. The highest BCUT2D eigenvalue weighted by Crippen LogP contribution is 2.30. The fraction of sp³-hybridized carbons (Fsp3) is 0.400. The van der Waals surface area contributed by atoms with Gasteiger partial charge in [0.25, 0.3) is 0 Å². The Morgan fingerprint density at radius 3 is 2.44 bits per heavy atom. The minimum Gasteiger partial charge on any atom is -0.387 e. The highest BCUT2D eigenvalue weighted by molar-refractivity contribution is 9.10. The van der Waals surface area contributed by atoms with Crippen LogP contribution in [0.5, 0.6) is 0 Å². The van der Waals surface area contributed by atoms with E-state index in [0.717, 1.165) is 0 Å². The third-order valence-electron chi connectivity index (χ3n) is 2.49. The van der Waals surface area contributed by atoms with Crippen molar-refractivity contribution in [1.29, 1.82) is 0 Å². The molecule has 1 fully saturated rings. The Morgan fingerprint density at radius 1 is 1.38 bits per heavy atom. The molecule has 0 spiro atoms. The van der Waals surface area contributed by atoms with Crippen molar-refractivity contribution in [1.82, 2.24) is 4.31 Å². The number of hydrogen-bond acceptors (Lipinski definition) is 3. The van der Waals surface area contributed by atoms with Crippen LogP contribution >= 0.6 is 15.9 Å². The number of hydrogen-bond donors (Lipinski definition) is 1. The van der Waals surface area contributed by atoms with Gasteiger partial charge in [-0.25, -0.2) is 8.42 Å². The van der Waals surface area contributed by atoms with E-state index >= 15 is 0 Å². The van der Waals surface area contributed by atoms with E-state index in [1.165, 1.54) is 4.31 Å². The second kappa shape index (κ2) is 3.80. The van der Waals surface area contributed by atoms with Gasteiger partial charge in [0.1, 0.15) is 0 Å². The van der Waals surface area contributed by atoms with Crippen molar-refractivity contribution < 1.29 is 13.5 Å². The molecule has 0 unspecified atom stereocenters. The first-order chi connectivity index (χ1) is 7.33. The average Bonchev–Trinajstić information content (AvgIpc) is 2.14. The van der Waals surface area contributed by atoms with Gasteiger partial charge in [0.05, 0.1) is 10.5 Å². The number of sulfonamides is 1. The van der Waals surface area contributed by atoms with Crippen LogP contribution in [-0.2, 0) is 10.0 Å². The maximum Gasteiger partial charge on any atom is 0.244 e. The smallest absolute Gasteiger partial charge is 0.244 e. The van der Waals surface area contributed by atoms with Crippen LogP contribution in [0, 0.1) is 0 Å². The normalized spacial score (nSPS) is 20.4. The molecule has 0 atom stereocenters. The molecule has 2 rings (SSSR count). The zero-order chi connectivity index (χ0) is 12.0. The van der Waals surface area contributed by atoms with Crippen LogP contribution in [0.25, 0.3) is 0 Å². The summed E-state index contributed by atoms with van der Waals surface area (Å²) in [4.78, 5) is 0.241. The molecule has 16 heavy (non-hydrogen) atoms. The highest BCUT2D eigenvalue weighted by atomic mass is 79.9. The maximum atomic E-state index is 12.1. The second-order valence-corrected chi connectivity index (χ2v) is 6.96. The zero-order valence-corrected chi connectivity index (χ0v) is 11.1. The SMILES string of the molecule is CC1(O)CN(S(=O)(=O)c2ccccc2Br)C1. The monoisotopic (exact) mass is 305 g/mol. The van der Waals surface area contributed by atoms with E-state index in [4.69, 9.17) is 0 Å². The first-order valence-electron chi connectivity index (χ1n) is 4.80.